The predicted molar refractivity (Wildman–Crippen MR) is 133 cm³/mol. The number of aryl methyl sites for hydroxylation is 1. The van der Waals surface area contributed by atoms with E-state index in [0.29, 0.717) is 33.9 Å². The van der Waals surface area contributed by atoms with Crippen LogP contribution in [0.2, 0.25) is 0 Å². The quantitative estimate of drug-likeness (QED) is 0.274. The molecule has 0 bridgehead atoms. The van der Waals surface area contributed by atoms with E-state index in [9.17, 15) is 27.5 Å². The van der Waals surface area contributed by atoms with E-state index >= 15 is 0 Å². The van der Waals surface area contributed by atoms with E-state index in [4.69, 9.17) is 0 Å². The summed E-state index contributed by atoms with van der Waals surface area (Å²) >= 11 is 0. The third-order valence-corrected chi connectivity index (χ3v) is 7.08. The number of carbonyl (C=O) groups is 1. The first kappa shape index (κ1) is 25.6. The average Bonchev–Trinajstić information content (AvgIpc) is 3.17. The molecule has 0 saturated heterocycles. The molecule has 1 atom stereocenters. The van der Waals surface area contributed by atoms with E-state index in [1.54, 1.807) is 17.6 Å². The zero-order valence-electron chi connectivity index (χ0n) is 20.7. The minimum atomic E-state index is -4.47. The first-order valence-corrected chi connectivity index (χ1v) is 12.2. The molecule has 2 aromatic heterocycles. The molecule has 5 rings (SSSR count). The van der Waals surface area contributed by atoms with Crippen molar-refractivity contribution in [2.75, 3.05) is 5.32 Å². The Morgan fingerprint density at radius 2 is 1.84 bits per heavy atom. The lowest BCUT2D eigenvalue weighted by Crippen LogP contribution is -2.31. The summed E-state index contributed by atoms with van der Waals surface area (Å²) in [5.41, 5.74) is 1.40. The van der Waals surface area contributed by atoms with Gasteiger partial charge in [0.05, 0.1) is 5.56 Å². The highest BCUT2D eigenvalue weighted by Crippen LogP contribution is 2.35. The summed E-state index contributed by atoms with van der Waals surface area (Å²) in [6.45, 7) is 3.84. The highest BCUT2D eigenvalue weighted by Gasteiger charge is 2.30. The third-order valence-electron chi connectivity index (χ3n) is 7.08. The molecule has 4 aromatic rings. The summed E-state index contributed by atoms with van der Waals surface area (Å²) in [7, 11) is 0. The van der Waals surface area contributed by atoms with Crippen LogP contribution in [0.3, 0.4) is 0 Å². The maximum absolute atomic E-state index is 14.3. The van der Waals surface area contributed by atoms with Crippen LogP contribution in [0.25, 0.3) is 22.6 Å². The number of nitrogens with one attached hydrogen (secondary N) is 1. The van der Waals surface area contributed by atoms with Gasteiger partial charge in [0.25, 0.3) is 0 Å². The van der Waals surface area contributed by atoms with Gasteiger partial charge in [-0.05, 0) is 68.0 Å². The van der Waals surface area contributed by atoms with Gasteiger partial charge in [-0.3, -0.25) is 0 Å². The lowest BCUT2D eigenvalue weighted by atomic mass is 9.80. The van der Waals surface area contributed by atoms with Crippen molar-refractivity contribution >= 4 is 23.0 Å². The highest BCUT2D eigenvalue weighted by atomic mass is 19.4. The molecule has 2 N–H and O–H groups in total. The van der Waals surface area contributed by atoms with Crippen molar-refractivity contribution < 1.29 is 27.5 Å². The minimum Gasteiger partial charge on any atom is -0.475 e. The normalized spacial score (nSPS) is 14.9. The van der Waals surface area contributed by atoms with Crippen molar-refractivity contribution in [3.63, 3.8) is 0 Å². The van der Waals surface area contributed by atoms with Gasteiger partial charge >= 0.3 is 12.1 Å². The number of imidazole rings is 1. The third kappa shape index (κ3) is 4.92. The Labute approximate surface area is 215 Å². The summed E-state index contributed by atoms with van der Waals surface area (Å²) in [5.74, 6) is -1.31. The molecule has 0 amide bonds. The Hall–Kier alpha value is -4.02. The molecular formula is C27H25F4N5O2. The van der Waals surface area contributed by atoms with Crippen LogP contribution >= 0.6 is 0 Å². The number of fused-ring (bicyclic) bond motifs is 1. The lowest BCUT2D eigenvalue weighted by Gasteiger charge is -2.32. The first-order valence-electron chi connectivity index (χ1n) is 12.2. The number of carboxylic acid groups (broad SMARTS) is 1. The minimum absolute atomic E-state index is 0.0164. The molecule has 1 fully saturated rings. The fourth-order valence-corrected chi connectivity index (χ4v) is 4.68. The summed E-state index contributed by atoms with van der Waals surface area (Å²) < 4.78 is 55.4. The molecule has 0 spiro atoms. The number of aromatic carboxylic acids is 1. The lowest BCUT2D eigenvalue weighted by molar-refractivity contribution is -0.137. The Kier molecular flexibility index (Phi) is 6.54. The standard InChI is InChI=1S/C27H25F4N5O2/c1-14-6-11-19(28)12-20(14)25-35-23-21(36(25)13-16-7-9-18(10-8-16)27(29,30)31)22(33-24(34-23)26(37)38)32-15(2)17-4-3-5-17/h6-12,15,17H,3-5,13H2,1-2H3,(H,37,38)(H,32,33,34)/t15-/m1/s1. The van der Waals surface area contributed by atoms with Crippen LogP contribution in [-0.4, -0.2) is 36.6 Å². The van der Waals surface area contributed by atoms with E-state index in [1.807, 2.05) is 6.92 Å². The summed E-state index contributed by atoms with van der Waals surface area (Å²) in [6.07, 6.45) is -1.29. The van der Waals surface area contributed by atoms with Gasteiger partial charge in [-0.25, -0.2) is 24.1 Å². The average molecular weight is 528 g/mol. The first-order chi connectivity index (χ1) is 18.0. The maximum atomic E-state index is 14.3. The van der Waals surface area contributed by atoms with Crippen LogP contribution in [0.4, 0.5) is 23.4 Å². The van der Waals surface area contributed by atoms with Crippen molar-refractivity contribution in [3.8, 4) is 11.4 Å². The Bertz CT molecular complexity index is 1510. The molecular weight excluding hydrogens is 502 g/mol. The monoisotopic (exact) mass is 527 g/mol. The van der Waals surface area contributed by atoms with Gasteiger partial charge in [-0.1, -0.05) is 24.6 Å². The smallest absolute Gasteiger partial charge is 0.416 e. The number of alkyl halides is 3. The Balaban J connectivity index is 1.71. The molecule has 0 radical (unpaired) electrons. The van der Waals surface area contributed by atoms with E-state index in [0.717, 1.165) is 31.4 Å². The van der Waals surface area contributed by atoms with Gasteiger partial charge in [0.1, 0.15) is 17.2 Å². The second-order valence-electron chi connectivity index (χ2n) is 9.67. The number of carboxylic acids is 1. The zero-order chi connectivity index (χ0) is 27.2. The molecule has 2 heterocycles. The number of aromatic nitrogens is 4. The number of hydrogen-bond acceptors (Lipinski definition) is 5. The molecule has 198 valence electrons. The topological polar surface area (TPSA) is 92.9 Å². The van der Waals surface area contributed by atoms with Crippen molar-refractivity contribution in [2.24, 2.45) is 5.92 Å². The van der Waals surface area contributed by atoms with Gasteiger partial charge in [0.2, 0.25) is 5.82 Å². The van der Waals surface area contributed by atoms with E-state index in [2.05, 4.69) is 20.3 Å². The Morgan fingerprint density at radius 3 is 2.45 bits per heavy atom. The van der Waals surface area contributed by atoms with Crippen molar-refractivity contribution in [3.05, 3.63) is 70.8 Å². The number of hydrogen-bond donors (Lipinski definition) is 2. The molecule has 0 unspecified atom stereocenters. The van der Waals surface area contributed by atoms with Gasteiger partial charge in [-0.15, -0.1) is 0 Å². The second kappa shape index (κ2) is 9.70. The number of anilines is 1. The van der Waals surface area contributed by atoms with Crippen LogP contribution in [0, 0.1) is 18.7 Å². The summed E-state index contributed by atoms with van der Waals surface area (Å²) in [4.78, 5) is 24.8. The van der Waals surface area contributed by atoms with E-state index in [-0.39, 0.29) is 24.1 Å². The number of nitrogens with zero attached hydrogens (tertiary/aromatic N) is 4. The van der Waals surface area contributed by atoms with Crippen LogP contribution in [0.15, 0.2) is 42.5 Å². The molecule has 7 nitrogen and oxygen atoms in total. The molecule has 11 heteroatoms. The van der Waals surface area contributed by atoms with Gasteiger partial charge in [-0.2, -0.15) is 13.2 Å². The SMILES string of the molecule is Cc1ccc(F)cc1-c1nc2nc(C(=O)O)nc(N[C@H](C)C3CCC3)c2n1Cc1ccc(C(F)(F)F)cc1. The van der Waals surface area contributed by atoms with Crippen molar-refractivity contribution in [1.82, 2.24) is 19.5 Å². The molecule has 0 aliphatic heterocycles. The van der Waals surface area contributed by atoms with Crippen LogP contribution in [0.1, 0.15) is 53.5 Å². The van der Waals surface area contributed by atoms with Crippen LogP contribution < -0.4 is 5.32 Å². The summed E-state index contributed by atoms with van der Waals surface area (Å²) in [5, 5.41) is 13.0. The Morgan fingerprint density at radius 1 is 1.13 bits per heavy atom. The molecule has 1 saturated carbocycles. The molecule has 1 aliphatic carbocycles. The van der Waals surface area contributed by atoms with Crippen molar-refractivity contribution in [1.29, 1.82) is 0 Å². The summed E-state index contributed by atoms with van der Waals surface area (Å²) in [6, 6.07) is 8.95. The van der Waals surface area contributed by atoms with Gasteiger partial charge in [0.15, 0.2) is 11.5 Å². The molecule has 1 aliphatic rings. The van der Waals surface area contributed by atoms with Crippen LogP contribution in [-0.2, 0) is 12.7 Å². The van der Waals surface area contributed by atoms with E-state index in [1.165, 1.54) is 24.3 Å². The van der Waals surface area contributed by atoms with E-state index < -0.39 is 29.4 Å². The maximum Gasteiger partial charge on any atom is 0.416 e. The van der Waals surface area contributed by atoms with Crippen molar-refractivity contribution in [2.45, 2.75) is 51.9 Å². The largest absolute Gasteiger partial charge is 0.475 e. The zero-order valence-corrected chi connectivity index (χ0v) is 20.7. The number of halogens is 4. The fourth-order valence-electron chi connectivity index (χ4n) is 4.68. The predicted octanol–water partition coefficient (Wildman–Crippen LogP) is 6.31. The van der Waals surface area contributed by atoms with Gasteiger partial charge < -0.3 is 15.0 Å². The highest BCUT2D eigenvalue weighted by molar-refractivity contribution is 5.92. The van der Waals surface area contributed by atoms with Crippen LogP contribution in [0.5, 0.6) is 0 Å². The van der Waals surface area contributed by atoms with Gasteiger partial charge in [0, 0.05) is 18.2 Å². The molecule has 2 aromatic carbocycles. The molecule has 38 heavy (non-hydrogen) atoms. The fraction of sp³-hybridized carbons (Fsp3) is 0.333. The number of rotatable bonds is 7. The second-order valence-corrected chi connectivity index (χ2v) is 9.67. The number of benzene rings is 2.